The largest absolute Gasteiger partial charge is 0.253 e. The molecular weight excluding hydrogens is 263 g/mol. The van der Waals surface area contributed by atoms with Crippen molar-refractivity contribution in [1.29, 1.82) is 0 Å². The van der Waals surface area contributed by atoms with Gasteiger partial charge in [-0.25, -0.2) is 18.2 Å². The zero-order valence-electron chi connectivity index (χ0n) is 9.25. The van der Waals surface area contributed by atoms with Crippen LogP contribution in [0.3, 0.4) is 0 Å². The van der Waals surface area contributed by atoms with Gasteiger partial charge >= 0.3 is 0 Å². The van der Waals surface area contributed by atoms with E-state index in [1.165, 1.54) is 11.3 Å². The predicted octanol–water partition coefficient (Wildman–Crippen LogP) is 3.31. The van der Waals surface area contributed by atoms with Gasteiger partial charge in [-0.1, -0.05) is 0 Å². The van der Waals surface area contributed by atoms with E-state index < -0.39 is 17.5 Å². The van der Waals surface area contributed by atoms with E-state index >= 15 is 0 Å². The van der Waals surface area contributed by atoms with Crippen LogP contribution in [0.15, 0.2) is 22.6 Å². The van der Waals surface area contributed by atoms with Gasteiger partial charge in [-0.15, -0.1) is 11.3 Å². The highest BCUT2D eigenvalue weighted by molar-refractivity contribution is 7.13. The molecule has 0 saturated carbocycles. The zero-order chi connectivity index (χ0) is 13.1. The maximum absolute atomic E-state index is 13.2. The SMILES string of the molecule is Cc1csc(NN=Cc2ccc(F)c(F)c2F)n1. The summed E-state index contributed by atoms with van der Waals surface area (Å²) in [5, 5.41) is 6.05. The first-order valence-corrected chi connectivity index (χ1v) is 5.80. The van der Waals surface area contributed by atoms with Gasteiger partial charge in [0.15, 0.2) is 17.5 Å². The van der Waals surface area contributed by atoms with Crippen molar-refractivity contribution in [1.82, 2.24) is 4.98 Å². The van der Waals surface area contributed by atoms with Crippen molar-refractivity contribution < 1.29 is 13.2 Å². The van der Waals surface area contributed by atoms with E-state index in [2.05, 4.69) is 15.5 Å². The fourth-order valence-corrected chi connectivity index (χ4v) is 1.84. The zero-order valence-corrected chi connectivity index (χ0v) is 10.1. The summed E-state index contributed by atoms with van der Waals surface area (Å²) in [6, 6.07) is 1.94. The highest BCUT2D eigenvalue weighted by Gasteiger charge is 2.11. The molecule has 18 heavy (non-hydrogen) atoms. The third-order valence-corrected chi connectivity index (χ3v) is 2.91. The highest BCUT2D eigenvalue weighted by atomic mass is 32.1. The van der Waals surface area contributed by atoms with Crippen LogP contribution in [-0.2, 0) is 0 Å². The van der Waals surface area contributed by atoms with E-state index in [1.54, 1.807) is 0 Å². The fourth-order valence-electron chi connectivity index (χ4n) is 1.20. The number of benzene rings is 1. The number of nitrogens with zero attached hydrogens (tertiary/aromatic N) is 2. The van der Waals surface area contributed by atoms with Gasteiger partial charge in [0, 0.05) is 10.9 Å². The summed E-state index contributed by atoms with van der Waals surface area (Å²) in [7, 11) is 0. The Morgan fingerprint density at radius 2 is 2.06 bits per heavy atom. The van der Waals surface area contributed by atoms with Crippen molar-refractivity contribution in [3.63, 3.8) is 0 Å². The topological polar surface area (TPSA) is 37.3 Å². The Balaban J connectivity index is 2.12. The molecule has 1 heterocycles. The minimum absolute atomic E-state index is 0.144. The molecule has 3 nitrogen and oxygen atoms in total. The summed E-state index contributed by atoms with van der Waals surface area (Å²) < 4.78 is 38.8. The smallest absolute Gasteiger partial charge is 0.203 e. The lowest BCUT2D eigenvalue weighted by Crippen LogP contribution is -1.98. The fraction of sp³-hybridized carbons (Fsp3) is 0.0909. The third-order valence-electron chi connectivity index (χ3n) is 2.05. The van der Waals surface area contributed by atoms with Crippen molar-refractivity contribution >= 4 is 22.7 Å². The number of nitrogens with one attached hydrogen (secondary N) is 1. The van der Waals surface area contributed by atoms with Crippen LogP contribution < -0.4 is 5.43 Å². The molecule has 0 bridgehead atoms. The van der Waals surface area contributed by atoms with Crippen LogP contribution >= 0.6 is 11.3 Å². The van der Waals surface area contributed by atoms with E-state index in [1.807, 2.05) is 12.3 Å². The molecule has 1 aromatic carbocycles. The number of aromatic nitrogens is 1. The van der Waals surface area contributed by atoms with E-state index in [9.17, 15) is 13.2 Å². The number of hydrazone groups is 1. The number of rotatable bonds is 3. The van der Waals surface area contributed by atoms with Gasteiger partial charge in [0.1, 0.15) is 0 Å². The summed E-state index contributed by atoms with van der Waals surface area (Å²) in [5.74, 6) is -4.01. The van der Waals surface area contributed by atoms with Crippen LogP contribution in [0.1, 0.15) is 11.3 Å². The number of halogens is 3. The molecule has 0 aliphatic rings. The van der Waals surface area contributed by atoms with Crippen molar-refractivity contribution in [2.24, 2.45) is 5.10 Å². The van der Waals surface area contributed by atoms with Gasteiger partial charge in [0.2, 0.25) is 5.13 Å². The molecule has 1 aromatic heterocycles. The van der Waals surface area contributed by atoms with Crippen LogP contribution in [0, 0.1) is 24.4 Å². The lowest BCUT2D eigenvalue weighted by molar-refractivity contribution is 0.446. The Labute approximate surface area is 105 Å². The van der Waals surface area contributed by atoms with Gasteiger partial charge in [-0.2, -0.15) is 5.10 Å². The Morgan fingerprint density at radius 1 is 1.28 bits per heavy atom. The number of aryl methyl sites for hydroxylation is 1. The second kappa shape index (κ2) is 5.18. The molecule has 2 aromatic rings. The monoisotopic (exact) mass is 271 g/mol. The molecular formula is C11H8F3N3S. The standard InChI is InChI=1S/C11H8F3N3S/c1-6-5-18-11(16-6)17-15-4-7-2-3-8(12)10(14)9(7)13/h2-5H,1H3,(H,16,17). The normalized spacial score (nSPS) is 11.1. The second-order valence-corrected chi connectivity index (χ2v) is 4.29. The van der Waals surface area contributed by atoms with Crippen LogP contribution in [-0.4, -0.2) is 11.2 Å². The predicted molar refractivity (Wildman–Crippen MR) is 64.4 cm³/mol. The van der Waals surface area contributed by atoms with Gasteiger partial charge in [0.05, 0.1) is 11.9 Å². The first kappa shape index (κ1) is 12.6. The first-order valence-electron chi connectivity index (χ1n) is 4.92. The van der Waals surface area contributed by atoms with Crippen molar-refractivity contribution in [3.05, 3.63) is 46.2 Å². The van der Waals surface area contributed by atoms with Crippen LogP contribution in [0.2, 0.25) is 0 Å². The summed E-state index contributed by atoms with van der Waals surface area (Å²) in [6.45, 7) is 1.82. The molecule has 0 aliphatic carbocycles. The molecule has 0 atom stereocenters. The van der Waals surface area contributed by atoms with E-state index in [0.717, 1.165) is 24.0 Å². The van der Waals surface area contributed by atoms with E-state index in [0.29, 0.717) is 5.13 Å². The van der Waals surface area contributed by atoms with Crippen molar-refractivity contribution in [2.45, 2.75) is 6.92 Å². The maximum Gasteiger partial charge on any atom is 0.203 e. The Hall–Kier alpha value is -1.89. The number of hydrogen-bond donors (Lipinski definition) is 1. The van der Waals surface area contributed by atoms with E-state index in [4.69, 9.17) is 0 Å². The molecule has 0 amide bonds. The summed E-state index contributed by atoms with van der Waals surface area (Å²) in [6.07, 6.45) is 1.06. The maximum atomic E-state index is 13.2. The minimum atomic E-state index is -1.51. The summed E-state index contributed by atoms with van der Waals surface area (Å²) in [5.41, 5.74) is 3.26. The molecule has 1 N–H and O–H groups in total. The molecule has 0 saturated heterocycles. The lowest BCUT2D eigenvalue weighted by Gasteiger charge is -1.99. The van der Waals surface area contributed by atoms with Gasteiger partial charge < -0.3 is 0 Å². The third kappa shape index (κ3) is 2.67. The second-order valence-electron chi connectivity index (χ2n) is 3.43. The average Bonchev–Trinajstić information content (AvgIpc) is 2.75. The Bertz CT molecular complexity index is 595. The summed E-state index contributed by atoms with van der Waals surface area (Å²) in [4.78, 5) is 4.06. The van der Waals surface area contributed by atoms with Gasteiger partial charge in [-0.3, -0.25) is 5.43 Å². The molecule has 7 heteroatoms. The van der Waals surface area contributed by atoms with E-state index in [-0.39, 0.29) is 5.56 Å². The van der Waals surface area contributed by atoms with Crippen molar-refractivity contribution in [2.75, 3.05) is 5.43 Å². The van der Waals surface area contributed by atoms with Crippen molar-refractivity contribution in [3.8, 4) is 0 Å². The molecule has 2 rings (SSSR count). The van der Waals surface area contributed by atoms with Crippen LogP contribution in [0.5, 0.6) is 0 Å². The highest BCUT2D eigenvalue weighted by Crippen LogP contribution is 2.15. The molecule has 0 unspecified atom stereocenters. The molecule has 94 valence electrons. The number of anilines is 1. The quantitative estimate of drug-likeness (QED) is 0.528. The number of thiazole rings is 1. The summed E-state index contributed by atoms with van der Waals surface area (Å²) >= 11 is 1.33. The molecule has 0 spiro atoms. The number of hydrogen-bond acceptors (Lipinski definition) is 4. The lowest BCUT2D eigenvalue weighted by atomic mass is 10.2. The van der Waals surface area contributed by atoms with Crippen LogP contribution in [0.4, 0.5) is 18.3 Å². The van der Waals surface area contributed by atoms with Gasteiger partial charge in [0.25, 0.3) is 0 Å². The average molecular weight is 271 g/mol. The molecule has 0 aliphatic heterocycles. The molecule has 0 radical (unpaired) electrons. The first-order chi connectivity index (χ1) is 8.58. The van der Waals surface area contributed by atoms with Gasteiger partial charge in [-0.05, 0) is 19.1 Å². The Morgan fingerprint density at radius 3 is 2.72 bits per heavy atom. The molecule has 0 fully saturated rings. The Kier molecular flexibility index (Phi) is 3.61. The van der Waals surface area contributed by atoms with Crippen LogP contribution in [0.25, 0.3) is 0 Å². The minimum Gasteiger partial charge on any atom is -0.253 e.